The fourth-order valence-corrected chi connectivity index (χ4v) is 2.54. The zero-order valence-corrected chi connectivity index (χ0v) is 14.8. The number of unbranched alkanes of at least 4 members (excludes halogenated alkanes) is 1. The summed E-state index contributed by atoms with van der Waals surface area (Å²) in [5.74, 6) is 0.836. The number of ether oxygens (including phenoxy) is 1. The van der Waals surface area contributed by atoms with E-state index in [9.17, 15) is 9.59 Å². The largest absolute Gasteiger partial charge is 0.463 e. The Bertz CT molecular complexity index is 451. The highest BCUT2D eigenvalue weighted by Crippen LogP contribution is 2.04. The molecule has 1 aliphatic heterocycles. The molecule has 1 amide bonds. The molecule has 6 heteroatoms. The second-order valence-electron chi connectivity index (χ2n) is 5.63. The summed E-state index contributed by atoms with van der Waals surface area (Å²) in [5.41, 5.74) is 1.01. The summed E-state index contributed by atoms with van der Waals surface area (Å²) in [6.07, 6.45) is 4.57. The highest BCUT2D eigenvalue weighted by Gasteiger charge is 2.14. The van der Waals surface area contributed by atoms with Gasteiger partial charge in [-0.05, 0) is 44.3 Å². The van der Waals surface area contributed by atoms with E-state index in [2.05, 4.69) is 15.4 Å². The second-order valence-corrected chi connectivity index (χ2v) is 6.01. The zero-order chi connectivity index (χ0) is 17.5. The molecule has 0 radical (unpaired) electrons. The summed E-state index contributed by atoms with van der Waals surface area (Å²) < 4.78 is 4.54. The number of amides is 1. The fraction of sp³-hybridized carbons (Fsp3) is 0.556. The van der Waals surface area contributed by atoms with Gasteiger partial charge >= 0.3 is 0 Å². The van der Waals surface area contributed by atoms with Crippen LogP contribution in [0.2, 0.25) is 0 Å². The van der Waals surface area contributed by atoms with Crippen molar-refractivity contribution >= 4 is 24.0 Å². The first-order valence-electron chi connectivity index (χ1n) is 8.41. The first-order valence-corrected chi connectivity index (χ1v) is 8.95. The van der Waals surface area contributed by atoms with Gasteiger partial charge in [0.25, 0.3) is 6.47 Å². The number of hydrogen-bond acceptors (Lipinski definition) is 4. The molecule has 0 aromatic heterocycles. The summed E-state index contributed by atoms with van der Waals surface area (Å²) in [5, 5.41) is 6.33. The topological polar surface area (TPSA) is 67.4 Å². The predicted molar refractivity (Wildman–Crippen MR) is 95.9 cm³/mol. The van der Waals surface area contributed by atoms with Crippen LogP contribution in [0.15, 0.2) is 30.3 Å². The van der Waals surface area contributed by atoms with Crippen LogP contribution in [-0.2, 0) is 20.9 Å². The zero-order valence-electron chi connectivity index (χ0n) is 14.0. The maximum absolute atomic E-state index is 11.4. The Morgan fingerprint density at radius 1 is 1.25 bits per heavy atom. The number of carbonyl (C=O) groups is 2. The van der Waals surface area contributed by atoms with Crippen molar-refractivity contribution in [2.24, 2.45) is 0 Å². The van der Waals surface area contributed by atoms with Crippen LogP contribution in [0.25, 0.3) is 0 Å². The summed E-state index contributed by atoms with van der Waals surface area (Å²) in [4.78, 5) is 21.2. The molecule has 2 N–H and O–H groups in total. The van der Waals surface area contributed by atoms with Crippen molar-refractivity contribution in [3.05, 3.63) is 35.9 Å². The normalized spacial score (nSPS) is 14.2. The van der Waals surface area contributed by atoms with Crippen LogP contribution in [0.1, 0.15) is 37.7 Å². The third-order valence-electron chi connectivity index (χ3n) is 3.65. The van der Waals surface area contributed by atoms with Crippen molar-refractivity contribution in [1.29, 1.82) is 0 Å². The van der Waals surface area contributed by atoms with Gasteiger partial charge in [-0.3, -0.25) is 9.59 Å². The van der Waals surface area contributed by atoms with Crippen LogP contribution in [0.4, 0.5) is 0 Å². The quantitative estimate of drug-likeness (QED) is 0.428. The number of hydrogen-bond donors (Lipinski definition) is 2. The smallest absolute Gasteiger partial charge is 0.293 e. The van der Waals surface area contributed by atoms with Crippen LogP contribution in [0.5, 0.6) is 0 Å². The molecule has 2 rings (SSSR count). The molecule has 1 aromatic rings. The first-order chi connectivity index (χ1) is 11.8. The van der Waals surface area contributed by atoms with Gasteiger partial charge in [-0.2, -0.15) is 0 Å². The third kappa shape index (κ3) is 10.2. The van der Waals surface area contributed by atoms with E-state index in [0.29, 0.717) is 31.4 Å². The van der Waals surface area contributed by atoms with E-state index in [1.54, 1.807) is 0 Å². The van der Waals surface area contributed by atoms with Gasteiger partial charge in [0.15, 0.2) is 0 Å². The number of rotatable bonds is 8. The Morgan fingerprint density at radius 3 is 2.58 bits per heavy atom. The van der Waals surface area contributed by atoms with Gasteiger partial charge < -0.3 is 15.4 Å². The number of alkyl halides is 1. The molecule has 0 unspecified atom stereocenters. The number of piperidine rings is 1. The number of halogens is 1. The fourth-order valence-electron chi connectivity index (χ4n) is 2.35. The van der Waals surface area contributed by atoms with Gasteiger partial charge in [0.05, 0.1) is 0 Å². The molecule has 24 heavy (non-hydrogen) atoms. The van der Waals surface area contributed by atoms with Crippen LogP contribution in [-0.4, -0.2) is 37.4 Å². The Labute approximate surface area is 149 Å². The Balaban J connectivity index is 0.000000254. The maximum Gasteiger partial charge on any atom is 0.293 e. The van der Waals surface area contributed by atoms with E-state index in [-0.39, 0.29) is 5.91 Å². The van der Waals surface area contributed by atoms with E-state index in [0.717, 1.165) is 44.3 Å². The van der Waals surface area contributed by atoms with Gasteiger partial charge in [0, 0.05) is 18.3 Å². The van der Waals surface area contributed by atoms with E-state index in [4.69, 9.17) is 11.6 Å². The van der Waals surface area contributed by atoms with Crippen molar-refractivity contribution < 1.29 is 14.3 Å². The lowest BCUT2D eigenvalue weighted by Gasteiger charge is -2.23. The van der Waals surface area contributed by atoms with E-state index in [1.807, 2.05) is 30.3 Å². The predicted octanol–water partition coefficient (Wildman–Crippen LogP) is 2.62. The van der Waals surface area contributed by atoms with Crippen LogP contribution < -0.4 is 10.6 Å². The van der Waals surface area contributed by atoms with Crippen molar-refractivity contribution in [2.75, 3.05) is 19.0 Å². The minimum Gasteiger partial charge on any atom is -0.463 e. The minimum atomic E-state index is 0.182. The van der Waals surface area contributed by atoms with Crippen LogP contribution in [0, 0.1) is 0 Å². The number of carbonyl (C=O) groups excluding carboxylic acids is 2. The monoisotopic (exact) mass is 354 g/mol. The van der Waals surface area contributed by atoms with Crippen LogP contribution >= 0.6 is 11.6 Å². The van der Waals surface area contributed by atoms with Crippen molar-refractivity contribution in [3.63, 3.8) is 0 Å². The highest BCUT2D eigenvalue weighted by atomic mass is 35.5. The Kier molecular flexibility index (Phi) is 11.8. The van der Waals surface area contributed by atoms with Gasteiger partial charge in [-0.15, -0.1) is 11.6 Å². The molecule has 0 bridgehead atoms. The average Bonchev–Trinajstić information content (AvgIpc) is 2.62. The van der Waals surface area contributed by atoms with E-state index in [1.165, 1.54) is 0 Å². The summed E-state index contributed by atoms with van der Waals surface area (Å²) in [6.45, 7) is 2.86. The molecule has 134 valence electrons. The Morgan fingerprint density at radius 2 is 1.96 bits per heavy atom. The standard InChI is InChI=1S/C10H19ClN2O.C8H8O2/c11-6-2-1-3-10(14)13-9-4-7-12-8-5-9;9-7-10-6-8-4-2-1-3-5-8/h9,12H,1-8H2,(H,13,14);1-5,7H,6H2. The van der Waals surface area contributed by atoms with E-state index < -0.39 is 0 Å². The first kappa shape index (κ1) is 20.5. The molecular formula is C18H27ClN2O3. The van der Waals surface area contributed by atoms with Gasteiger partial charge in [-0.1, -0.05) is 30.3 Å². The average molecular weight is 355 g/mol. The molecule has 0 atom stereocenters. The molecule has 1 fully saturated rings. The van der Waals surface area contributed by atoms with Gasteiger partial charge in [0.1, 0.15) is 6.61 Å². The van der Waals surface area contributed by atoms with Crippen molar-refractivity contribution in [3.8, 4) is 0 Å². The number of nitrogens with one attached hydrogen (secondary N) is 2. The molecule has 5 nitrogen and oxygen atoms in total. The molecule has 1 aliphatic rings. The van der Waals surface area contributed by atoms with Crippen LogP contribution in [0.3, 0.4) is 0 Å². The summed E-state index contributed by atoms with van der Waals surface area (Å²) in [6, 6.07) is 9.93. The highest BCUT2D eigenvalue weighted by molar-refractivity contribution is 6.17. The minimum absolute atomic E-state index is 0.182. The van der Waals surface area contributed by atoms with Gasteiger partial charge in [0.2, 0.25) is 5.91 Å². The summed E-state index contributed by atoms with van der Waals surface area (Å²) >= 11 is 5.54. The summed E-state index contributed by atoms with van der Waals surface area (Å²) in [7, 11) is 0. The molecule has 1 heterocycles. The lowest BCUT2D eigenvalue weighted by Crippen LogP contribution is -2.42. The molecule has 1 aromatic carbocycles. The molecule has 0 spiro atoms. The molecule has 0 aliphatic carbocycles. The molecular weight excluding hydrogens is 328 g/mol. The van der Waals surface area contributed by atoms with Gasteiger partial charge in [-0.25, -0.2) is 0 Å². The van der Waals surface area contributed by atoms with Crippen molar-refractivity contribution in [1.82, 2.24) is 10.6 Å². The maximum atomic E-state index is 11.4. The van der Waals surface area contributed by atoms with E-state index >= 15 is 0 Å². The van der Waals surface area contributed by atoms with Crippen molar-refractivity contribution in [2.45, 2.75) is 44.8 Å². The lowest BCUT2D eigenvalue weighted by molar-refractivity contribution is -0.129. The lowest BCUT2D eigenvalue weighted by atomic mass is 10.1. The molecule has 0 saturated carbocycles. The SMILES string of the molecule is O=C(CCCCCl)NC1CCNCC1.O=COCc1ccccc1. The third-order valence-corrected chi connectivity index (χ3v) is 3.92. The Hall–Kier alpha value is -1.59. The number of benzene rings is 1. The molecule has 1 saturated heterocycles. The second kappa shape index (κ2) is 13.8.